The Bertz CT molecular complexity index is 1210. The molecule has 1 atom stereocenters. The molecule has 40 heavy (non-hydrogen) atoms. The van der Waals surface area contributed by atoms with Crippen LogP contribution in [-0.4, -0.2) is 54.6 Å². The van der Waals surface area contributed by atoms with Crippen LogP contribution in [0.3, 0.4) is 0 Å². The Kier molecular flexibility index (Phi) is 8.05. The van der Waals surface area contributed by atoms with E-state index in [0.717, 1.165) is 37.4 Å². The molecule has 2 aromatic rings. The molecular weight excluding hydrogens is 535 g/mol. The fourth-order valence-corrected chi connectivity index (χ4v) is 9.45. The van der Waals surface area contributed by atoms with Gasteiger partial charge in [0.15, 0.2) is 0 Å². The number of rotatable bonds is 7. The summed E-state index contributed by atoms with van der Waals surface area (Å²) in [6.07, 6.45) is 14.2. The van der Waals surface area contributed by atoms with Gasteiger partial charge in [0.1, 0.15) is 0 Å². The summed E-state index contributed by atoms with van der Waals surface area (Å²) in [6.45, 7) is 11.1. The predicted molar refractivity (Wildman–Crippen MR) is 166 cm³/mol. The van der Waals surface area contributed by atoms with E-state index in [9.17, 15) is 4.79 Å². The van der Waals surface area contributed by atoms with E-state index in [1.54, 1.807) is 0 Å². The summed E-state index contributed by atoms with van der Waals surface area (Å²) in [5.41, 5.74) is 5.41. The van der Waals surface area contributed by atoms with Gasteiger partial charge in [-0.1, -0.05) is 77.9 Å². The van der Waals surface area contributed by atoms with Gasteiger partial charge in [0.2, 0.25) is 5.91 Å². The standard InChI is InChI=1S/C35H47Cl2N2O/c1-26-20-27(2)22-28(21-26)23-33(40)38-15-10-35(25-38,30-8-9-31(36)32(37)24-30)14-19-39-16-11-34(12-17-39,13-18-39)29-6-4-3-5-7-29/h8-9,20-22,24,29H,3-7,10-19,23,25H2,1-2H3/q+1. The molecule has 5 aliphatic rings. The SMILES string of the molecule is Cc1cc(C)cc(CC(=O)N2CCC(CC[N+]34CCC(C5CCCCC5)(CC3)CC4)(c3ccc(Cl)c(Cl)c3)C2)c1. The highest BCUT2D eigenvalue weighted by molar-refractivity contribution is 6.42. The molecule has 216 valence electrons. The van der Waals surface area contributed by atoms with Gasteiger partial charge in [-0.05, 0) is 67.7 Å². The molecule has 3 nitrogen and oxygen atoms in total. The second-order valence-corrected chi connectivity index (χ2v) is 14.9. The van der Waals surface area contributed by atoms with E-state index in [4.69, 9.17) is 23.2 Å². The first-order valence-electron chi connectivity index (χ1n) is 15.9. The van der Waals surface area contributed by atoms with Crippen molar-refractivity contribution in [1.29, 1.82) is 0 Å². The Balaban J connectivity index is 1.18. The van der Waals surface area contributed by atoms with Gasteiger partial charge in [0, 0.05) is 44.2 Å². The van der Waals surface area contributed by atoms with E-state index in [1.165, 1.54) is 98.7 Å². The largest absolute Gasteiger partial charge is 0.341 e. The third-order valence-corrected chi connectivity index (χ3v) is 12.4. The first-order valence-corrected chi connectivity index (χ1v) is 16.6. The zero-order valence-electron chi connectivity index (χ0n) is 24.6. The number of piperidine rings is 3. The first-order chi connectivity index (χ1) is 19.2. The molecule has 2 aromatic carbocycles. The molecule has 0 radical (unpaired) electrons. The molecule has 5 fully saturated rings. The van der Waals surface area contributed by atoms with Crippen molar-refractivity contribution in [3.63, 3.8) is 0 Å². The minimum atomic E-state index is -0.0608. The normalized spacial score (nSPS) is 30.6. The highest BCUT2D eigenvalue weighted by atomic mass is 35.5. The molecule has 2 bridgehead atoms. The number of benzene rings is 2. The third kappa shape index (κ3) is 5.60. The molecule has 1 aliphatic carbocycles. The molecule has 0 spiro atoms. The number of hydrogen-bond donors (Lipinski definition) is 0. The van der Waals surface area contributed by atoms with Crippen LogP contribution in [-0.2, 0) is 16.6 Å². The monoisotopic (exact) mass is 581 g/mol. The van der Waals surface area contributed by atoms with Crippen LogP contribution >= 0.6 is 23.2 Å². The second-order valence-electron chi connectivity index (χ2n) is 14.1. The molecule has 5 heteroatoms. The Morgan fingerprint density at radius 2 is 1.57 bits per heavy atom. The summed E-state index contributed by atoms with van der Waals surface area (Å²) in [4.78, 5) is 15.7. The molecule has 7 rings (SSSR count). The number of likely N-dealkylation sites (tertiary alicyclic amines) is 1. The molecule has 4 saturated heterocycles. The summed E-state index contributed by atoms with van der Waals surface area (Å²) < 4.78 is 1.29. The zero-order chi connectivity index (χ0) is 28.0. The zero-order valence-corrected chi connectivity index (χ0v) is 26.1. The van der Waals surface area contributed by atoms with Crippen LogP contribution in [0.15, 0.2) is 36.4 Å². The van der Waals surface area contributed by atoms with Crippen molar-refractivity contribution >= 4 is 29.1 Å². The summed E-state index contributed by atoms with van der Waals surface area (Å²) in [7, 11) is 0. The molecule has 0 aromatic heterocycles. The maximum atomic E-state index is 13.6. The fourth-order valence-electron chi connectivity index (χ4n) is 9.16. The first kappa shape index (κ1) is 28.6. The Morgan fingerprint density at radius 3 is 2.23 bits per heavy atom. The number of hydrogen-bond acceptors (Lipinski definition) is 1. The van der Waals surface area contributed by atoms with Gasteiger partial charge in [0.05, 0.1) is 42.6 Å². The molecule has 1 unspecified atom stereocenters. The lowest BCUT2D eigenvalue weighted by molar-refractivity contribution is -0.946. The molecule has 4 aliphatic heterocycles. The maximum absolute atomic E-state index is 13.6. The lowest BCUT2D eigenvalue weighted by atomic mass is 9.59. The molecule has 1 saturated carbocycles. The van der Waals surface area contributed by atoms with Crippen molar-refractivity contribution in [2.45, 2.75) is 89.9 Å². The van der Waals surface area contributed by atoms with Gasteiger partial charge in [-0.15, -0.1) is 0 Å². The fraction of sp³-hybridized carbons (Fsp3) is 0.629. The quantitative estimate of drug-likeness (QED) is 0.301. The van der Waals surface area contributed by atoms with E-state index in [1.807, 2.05) is 6.07 Å². The number of quaternary nitrogens is 1. The van der Waals surface area contributed by atoms with Crippen molar-refractivity contribution < 1.29 is 9.28 Å². The second kappa shape index (κ2) is 11.3. The Morgan fingerprint density at radius 1 is 0.900 bits per heavy atom. The van der Waals surface area contributed by atoms with E-state index in [-0.39, 0.29) is 11.3 Å². The van der Waals surface area contributed by atoms with Gasteiger partial charge in [-0.3, -0.25) is 4.79 Å². The molecular formula is C35H47Cl2N2O+. The summed E-state index contributed by atoms with van der Waals surface area (Å²) in [5, 5.41) is 1.23. The number of carbonyl (C=O) groups is 1. The van der Waals surface area contributed by atoms with Crippen LogP contribution in [0.2, 0.25) is 10.0 Å². The van der Waals surface area contributed by atoms with Crippen molar-refractivity contribution in [3.8, 4) is 0 Å². The number of aryl methyl sites for hydroxylation is 2. The predicted octanol–water partition coefficient (Wildman–Crippen LogP) is 8.29. The number of carbonyl (C=O) groups excluding carboxylic acids is 1. The van der Waals surface area contributed by atoms with E-state index in [2.05, 4.69) is 49.1 Å². The van der Waals surface area contributed by atoms with Crippen LogP contribution < -0.4 is 0 Å². The average molecular weight is 583 g/mol. The number of fused-ring (bicyclic) bond motifs is 3. The van der Waals surface area contributed by atoms with Crippen LogP contribution in [0.1, 0.15) is 86.5 Å². The number of amides is 1. The smallest absolute Gasteiger partial charge is 0.227 e. The Labute approximate surface area is 251 Å². The van der Waals surface area contributed by atoms with Crippen molar-refractivity contribution in [3.05, 3.63) is 68.7 Å². The lowest BCUT2D eigenvalue weighted by Crippen LogP contribution is -2.64. The number of halogens is 2. The molecule has 1 amide bonds. The van der Waals surface area contributed by atoms with Crippen molar-refractivity contribution in [2.24, 2.45) is 11.3 Å². The van der Waals surface area contributed by atoms with Gasteiger partial charge < -0.3 is 9.38 Å². The molecule has 0 N–H and O–H groups in total. The topological polar surface area (TPSA) is 20.3 Å². The minimum absolute atomic E-state index is 0.0608. The molecule has 4 heterocycles. The number of nitrogens with zero attached hydrogens (tertiary/aromatic N) is 2. The summed E-state index contributed by atoms with van der Waals surface area (Å²) in [6, 6.07) is 12.7. The summed E-state index contributed by atoms with van der Waals surface area (Å²) >= 11 is 12.9. The van der Waals surface area contributed by atoms with Crippen LogP contribution in [0.5, 0.6) is 0 Å². The van der Waals surface area contributed by atoms with E-state index >= 15 is 0 Å². The highest BCUT2D eigenvalue weighted by Crippen LogP contribution is 2.53. The van der Waals surface area contributed by atoms with Gasteiger partial charge in [-0.2, -0.15) is 0 Å². The Hall–Kier alpha value is -1.55. The van der Waals surface area contributed by atoms with Gasteiger partial charge in [0.25, 0.3) is 0 Å². The van der Waals surface area contributed by atoms with Crippen LogP contribution in [0, 0.1) is 25.2 Å². The van der Waals surface area contributed by atoms with Crippen LogP contribution in [0.25, 0.3) is 0 Å². The highest BCUT2D eigenvalue weighted by Gasteiger charge is 2.53. The van der Waals surface area contributed by atoms with Gasteiger partial charge >= 0.3 is 0 Å². The van der Waals surface area contributed by atoms with Crippen molar-refractivity contribution in [2.75, 3.05) is 39.3 Å². The average Bonchev–Trinajstić information content (AvgIpc) is 3.40. The van der Waals surface area contributed by atoms with E-state index in [0.29, 0.717) is 21.9 Å². The summed E-state index contributed by atoms with van der Waals surface area (Å²) in [5.74, 6) is 1.23. The maximum Gasteiger partial charge on any atom is 0.227 e. The van der Waals surface area contributed by atoms with Gasteiger partial charge in [-0.25, -0.2) is 0 Å². The van der Waals surface area contributed by atoms with E-state index < -0.39 is 0 Å². The van der Waals surface area contributed by atoms with Crippen molar-refractivity contribution in [1.82, 2.24) is 4.90 Å². The lowest BCUT2D eigenvalue weighted by Gasteiger charge is -2.58. The van der Waals surface area contributed by atoms with Crippen LogP contribution in [0.4, 0.5) is 0 Å². The minimum Gasteiger partial charge on any atom is -0.341 e. The third-order valence-electron chi connectivity index (χ3n) is 11.7.